The molecule has 0 atom stereocenters. The number of ether oxygens (including phenoxy) is 1. The minimum atomic E-state index is -0.881. The number of nitrogens with zero attached hydrogens (tertiary/aromatic N) is 2. The third-order valence-electron chi connectivity index (χ3n) is 4.40. The Labute approximate surface area is 156 Å². The molecule has 2 amide bonds. The second kappa shape index (κ2) is 8.62. The van der Waals surface area contributed by atoms with E-state index in [1.165, 1.54) is 4.90 Å². The normalized spacial score (nSPS) is 14.6. The largest absolute Gasteiger partial charge is 0.484 e. The van der Waals surface area contributed by atoms with Crippen LogP contribution in [-0.4, -0.2) is 54.4 Å². The van der Waals surface area contributed by atoms with Gasteiger partial charge in [0.1, 0.15) is 17.4 Å². The quantitative estimate of drug-likeness (QED) is 0.827. The second-order valence-corrected chi connectivity index (χ2v) is 6.25. The van der Waals surface area contributed by atoms with Crippen molar-refractivity contribution >= 4 is 11.8 Å². The van der Waals surface area contributed by atoms with Gasteiger partial charge in [-0.15, -0.1) is 0 Å². The van der Waals surface area contributed by atoms with Crippen LogP contribution in [0.3, 0.4) is 0 Å². The van der Waals surface area contributed by atoms with Crippen molar-refractivity contribution in [3.63, 3.8) is 0 Å². The summed E-state index contributed by atoms with van der Waals surface area (Å²) in [6.07, 6.45) is 0.575. The van der Waals surface area contributed by atoms with Crippen LogP contribution in [0.2, 0.25) is 0 Å². The summed E-state index contributed by atoms with van der Waals surface area (Å²) < 4.78 is 32.4. The number of carbonyl (C=O) groups excluding carboxylic acids is 2. The third kappa shape index (κ3) is 4.81. The standard InChI is InChI=1S/C20H20F2N2O3/c21-15-7-8-17(18(22)13-15)20(26)24-10-4-9-23(11-12-24)19(25)14-27-16-5-2-1-3-6-16/h1-3,5-8,13H,4,9-12,14H2. The Bertz CT molecular complexity index is 814. The van der Waals surface area contributed by atoms with Crippen molar-refractivity contribution in [2.75, 3.05) is 32.8 Å². The Morgan fingerprint density at radius 3 is 2.37 bits per heavy atom. The molecule has 0 spiro atoms. The van der Waals surface area contributed by atoms with Crippen LogP contribution in [0.5, 0.6) is 5.75 Å². The average molecular weight is 374 g/mol. The predicted molar refractivity (Wildman–Crippen MR) is 95.4 cm³/mol. The third-order valence-corrected chi connectivity index (χ3v) is 4.40. The summed E-state index contributed by atoms with van der Waals surface area (Å²) in [5, 5.41) is 0. The van der Waals surface area contributed by atoms with E-state index in [0.29, 0.717) is 37.9 Å². The molecule has 2 aromatic rings. The monoisotopic (exact) mass is 374 g/mol. The first-order valence-corrected chi connectivity index (χ1v) is 8.74. The molecule has 0 unspecified atom stereocenters. The Morgan fingerprint density at radius 2 is 1.63 bits per heavy atom. The molecule has 2 aromatic carbocycles. The fraction of sp³-hybridized carbons (Fsp3) is 0.300. The van der Waals surface area contributed by atoms with E-state index >= 15 is 0 Å². The first-order valence-electron chi connectivity index (χ1n) is 8.74. The molecule has 0 N–H and O–H groups in total. The topological polar surface area (TPSA) is 49.9 Å². The predicted octanol–water partition coefficient (Wildman–Crippen LogP) is 2.72. The summed E-state index contributed by atoms with van der Waals surface area (Å²) >= 11 is 0. The van der Waals surface area contributed by atoms with Crippen LogP contribution in [0.25, 0.3) is 0 Å². The van der Waals surface area contributed by atoms with Crippen LogP contribution >= 0.6 is 0 Å². The zero-order valence-corrected chi connectivity index (χ0v) is 14.7. The Kier molecular flexibility index (Phi) is 6.01. The molecule has 0 bridgehead atoms. The molecular weight excluding hydrogens is 354 g/mol. The van der Waals surface area contributed by atoms with Crippen molar-refractivity contribution < 1.29 is 23.1 Å². The Hall–Kier alpha value is -2.96. The molecular formula is C20H20F2N2O3. The Balaban J connectivity index is 1.56. The number of para-hydroxylation sites is 1. The number of halogens is 2. The zero-order valence-electron chi connectivity index (χ0n) is 14.7. The number of benzene rings is 2. The maximum absolute atomic E-state index is 13.9. The van der Waals surface area contributed by atoms with Crippen molar-refractivity contribution in [1.29, 1.82) is 0 Å². The summed E-state index contributed by atoms with van der Waals surface area (Å²) in [6.45, 7) is 1.44. The first-order chi connectivity index (χ1) is 13.0. The number of hydrogen-bond donors (Lipinski definition) is 0. The van der Waals surface area contributed by atoms with E-state index in [9.17, 15) is 18.4 Å². The van der Waals surface area contributed by atoms with Crippen molar-refractivity contribution in [3.05, 3.63) is 65.7 Å². The van der Waals surface area contributed by atoms with Crippen LogP contribution < -0.4 is 4.74 Å². The summed E-state index contributed by atoms with van der Waals surface area (Å²) in [4.78, 5) is 28.0. The summed E-state index contributed by atoms with van der Waals surface area (Å²) in [5.74, 6) is -1.66. The summed E-state index contributed by atoms with van der Waals surface area (Å²) in [6, 6.07) is 12.0. The van der Waals surface area contributed by atoms with E-state index in [2.05, 4.69) is 0 Å². The lowest BCUT2D eigenvalue weighted by atomic mass is 10.1. The number of hydrogen-bond acceptors (Lipinski definition) is 3. The highest BCUT2D eigenvalue weighted by atomic mass is 19.1. The molecule has 3 rings (SSSR count). The van der Waals surface area contributed by atoms with Gasteiger partial charge in [0.2, 0.25) is 0 Å². The number of amides is 2. The minimum Gasteiger partial charge on any atom is -0.484 e. The Morgan fingerprint density at radius 1 is 0.926 bits per heavy atom. The van der Waals surface area contributed by atoms with Gasteiger partial charge in [-0.3, -0.25) is 9.59 Å². The molecule has 0 aliphatic carbocycles. The highest BCUT2D eigenvalue weighted by Gasteiger charge is 2.24. The van der Waals surface area contributed by atoms with Gasteiger partial charge in [-0.25, -0.2) is 8.78 Å². The van der Waals surface area contributed by atoms with Crippen molar-refractivity contribution in [1.82, 2.24) is 9.80 Å². The maximum atomic E-state index is 13.9. The highest BCUT2D eigenvalue weighted by molar-refractivity contribution is 5.94. The van der Waals surface area contributed by atoms with Gasteiger partial charge in [0.25, 0.3) is 11.8 Å². The van der Waals surface area contributed by atoms with Gasteiger partial charge in [0.15, 0.2) is 6.61 Å². The van der Waals surface area contributed by atoms with Gasteiger partial charge in [-0.2, -0.15) is 0 Å². The van der Waals surface area contributed by atoms with E-state index in [0.717, 1.165) is 12.1 Å². The van der Waals surface area contributed by atoms with Gasteiger partial charge in [0.05, 0.1) is 5.56 Å². The molecule has 0 radical (unpaired) electrons. The van der Waals surface area contributed by atoms with E-state index in [4.69, 9.17) is 4.74 Å². The van der Waals surface area contributed by atoms with Gasteiger partial charge in [0, 0.05) is 32.2 Å². The summed E-state index contributed by atoms with van der Waals surface area (Å²) in [7, 11) is 0. The molecule has 1 heterocycles. The van der Waals surface area contributed by atoms with E-state index in [-0.39, 0.29) is 24.6 Å². The molecule has 1 fully saturated rings. The first kappa shape index (κ1) is 18.8. The fourth-order valence-corrected chi connectivity index (χ4v) is 2.96. The lowest BCUT2D eigenvalue weighted by Crippen LogP contribution is -2.39. The van der Waals surface area contributed by atoms with Crippen molar-refractivity contribution in [3.8, 4) is 5.75 Å². The number of rotatable bonds is 4. The molecule has 142 valence electrons. The van der Waals surface area contributed by atoms with Crippen LogP contribution in [-0.2, 0) is 4.79 Å². The van der Waals surface area contributed by atoms with E-state index in [1.54, 1.807) is 17.0 Å². The van der Waals surface area contributed by atoms with E-state index < -0.39 is 17.5 Å². The van der Waals surface area contributed by atoms with Gasteiger partial charge >= 0.3 is 0 Å². The lowest BCUT2D eigenvalue weighted by Gasteiger charge is -2.22. The highest BCUT2D eigenvalue weighted by Crippen LogP contribution is 2.15. The molecule has 7 heteroatoms. The number of carbonyl (C=O) groups is 2. The van der Waals surface area contributed by atoms with Gasteiger partial charge < -0.3 is 14.5 Å². The van der Waals surface area contributed by atoms with Crippen LogP contribution in [0.15, 0.2) is 48.5 Å². The lowest BCUT2D eigenvalue weighted by molar-refractivity contribution is -0.133. The van der Waals surface area contributed by atoms with Crippen LogP contribution in [0, 0.1) is 11.6 Å². The molecule has 1 aliphatic rings. The molecule has 1 aliphatic heterocycles. The molecule has 0 saturated carbocycles. The zero-order chi connectivity index (χ0) is 19.2. The van der Waals surface area contributed by atoms with E-state index in [1.807, 2.05) is 18.2 Å². The molecule has 27 heavy (non-hydrogen) atoms. The second-order valence-electron chi connectivity index (χ2n) is 6.25. The van der Waals surface area contributed by atoms with Crippen molar-refractivity contribution in [2.45, 2.75) is 6.42 Å². The fourth-order valence-electron chi connectivity index (χ4n) is 2.96. The smallest absolute Gasteiger partial charge is 0.260 e. The van der Waals surface area contributed by atoms with Crippen LogP contribution in [0.1, 0.15) is 16.8 Å². The summed E-state index contributed by atoms with van der Waals surface area (Å²) in [5.41, 5.74) is -0.163. The molecule has 0 aromatic heterocycles. The van der Waals surface area contributed by atoms with Gasteiger partial charge in [-0.05, 0) is 30.7 Å². The SMILES string of the molecule is O=C(COc1ccccc1)N1CCCN(C(=O)c2ccc(F)cc2F)CC1. The molecule has 1 saturated heterocycles. The maximum Gasteiger partial charge on any atom is 0.260 e. The average Bonchev–Trinajstić information content (AvgIpc) is 2.93. The van der Waals surface area contributed by atoms with Crippen LogP contribution in [0.4, 0.5) is 8.78 Å². The minimum absolute atomic E-state index is 0.0788. The molecule has 5 nitrogen and oxygen atoms in total. The van der Waals surface area contributed by atoms with Gasteiger partial charge in [-0.1, -0.05) is 18.2 Å². The van der Waals surface area contributed by atoms with Crippen molar-refractivity contribution in [2.24, 2.45) is 0 Å².